The number of nitrogens with one attached hydrogen (secondary N) is 1. The molecule has 0 radical (unpaired) electrons. The van der Waals surface area contributed by atoms with Crippen molar-refractivity contribution in [2.45, 2.75) is 26.2 Å². The van der Waals surface area contributed by atoms with Gasteiger partial charge in [-0.25, -0.2) is 0 Å². The third-order valence-corrected chi connectivity index (χ3v) is 2.92. The molecule has 2 aromatic rings. The van der Waals surface area contributed by atoms with Gasteiger partial charge in [-0.2, -0.15) is 0 Å². The van der Waals surface area contributed by atoms with E-state index in [1.807, 2.05) is 18.2 Å². The molecule has 1 aromatic heterocycles. The summed E-state index contributed by atoms with van der Waals surface area (Å²) in [4.78, 5) is 14.1. The van der Waals surface area contributed by atoms with Gasteiger partial charge in [0.2, 0.25) is 0 Å². The molecular formula is C15H17NO. The van der Waals surface area contributed by atoms with Gasteiger partial charge in [0.05, 0.1) is 0 Å². The lowest BCUT2D eigenvalue weighted by Gasteiger charge is -1.98. The Kier molecular flexibility index (Phi) is 3.76. The molecule has 0 atom stereocenters. The number of rotatable bonds is 5. The third-order valence-electron chi connectivity index (χ3n) is 2.92. The molecule has 0 aliphatic rings. The lowest BCUT2D eigenvalue weighted by Crippen LogP contribution is -1.80. The second-order valence-electron chi connectivity index (χ2n) is 4.18. The highest BCUT2D eigenvalue weighted by atomic mass is 16.1. The van der Waals surface area contributed by atoms with E-state index < -0.39 is 0 Å². The zero-order valence-corrected chi connectivity index (χ0v) is 10.1. The fraction of sp³-hybridized carbons (Fsp3) is 0.267. The fourth-order valence-electron chi connectivity index (χ4n) is 2.00. The van der Waals surface area contributed by atoms with E-state index in [9.17, 15) is 4.79 Å². The molecule has 88 valence electrons. The highest BCUT2D eigenvalue weighted by Crippen LogP contribution is 2.22. The Balaban J connectivity index is 2.35. The minimum absolute atomic E-state index is 0.732. The Hall–Kier alpha value is -1.83. The van der Waals surface area contributed by atoms with Crippen molar-refractivity contribution < 1.29 is 4.79 Å². The number of aromatic nitrogens is 1. The molecule has 0 unspecified atom stereocenters. The van der Waals surface area contributed by atoms with Crippen molar-refractivity contribution in [3.05, 3.63) is 41.6 Å². The first-order valence-electron chi connectivity index (χ1n) is 6.08. The maximum absolute atomic E-state index is 11.0. The van der Waals surface area contributed by atoms with Crippen molar-refractivity contribution in [1.82, 2.24) is 4.98 Å². The molecule has 0 bridgehead atoms. The van der Waals surface area contributed by atoms with Gasteiger partial charge in [0.1, 0.15) is 0 Å². The molecule has 17 heavy (non-hydrogen) atoms. The predicted molar refractivity (Wildman–Crippen MR) is 72.2 cm³/mol. The highest BCUT2D eigenvalue weighted by molar-refractivity contribution is 6.01. The summed E-state index contributed by atoms with van der Waals surface area (Å²) in [5.74, 6) is 0. The smallest absolute Gasteiger partial charge is 0.152 e. The summed E-state index contributed by atoms with van der Waals surface area (Å²) in [5, 5.41) is 1.02. The van der Waals surface area contributed by atoms with E-state index >= 15 is 0 Å². The van der Waals surface area contributed by atoms with Gasteiger partial charge >= 0.3 is 0 Å². The van der Waals surface area contributed by atoms with Crippen LogP contribution in [0.2, 0.25) is 0 Å². The number of hydrogen-bond donors (Lipinski definition) is 1. The number of fused-ring (bicyclic) bond motifs is 1. The molecule has 0 saturated carbocycles. The van der Waals surface area contributed by atoms with Crippen LogP contribution in [-0.4, -0.2) is 11.3 Å². The molecule has 0 spiro atoms. The minimum atomic E-state index is 0.732. The van der Waals surface area contributed by atoms with Crippen LogP contribution >= 0.6 is 0 Å². The molecule has 0 aliphatic heterocycles. The van der Waals surface area contributed by atoms with E-state index in [0.29, 0.717) is 0 Å². The average molecular weight is 227 g/mol. The van der Waals surface area contributed by atoms with Gasteiger partial charge in [0, 0.05) is 22.7 Å². The van der Waals surface area contributed by atoms with Crippen LogP contribution in [0.25, 0.3) is 17.0 Å². The molecule has 1 N–H and O–H groups in total. The van der Waals surface area contributed by atoms with Crippen molar-refractivity contribution >= 4 is 23.3 Å². The summed E-state index contributed by atoms with van der Waals surface area (Å²) in [7, 11) is 0. The number of aromatic amines is 1. The highest BCUT2D eigenvalue weighted by Gasteiger charge is 2.05. The quantitative estimate of drug-likeness (QED) is 0.603. The van der Waals surface area contributed by atoms with Crippen LogP contribution in [0, 0.1) is 0 Å². The van der Waals surface area contributed by atoms with Gasteiger partial charge in [0.25, 0.3) is 0 Å². The number of benzene rings is 1. The molecule has 2 nitrogen and oxygen atoms in total. The van der Waals surface area contributed by atoms with Gasteiger partial charge in [0.15, 0.2) is 6.29 Å². The standard InChI is InChI=1S/C15H17NO/c1-2-3-4-5-7-12-8-6-9-14-15(12)13(11-17)10-16-14/h5-11,16H,2-4H2,1H3/b7-5+. The zero-order valence-electron chi connectivity index (χ0n) is 10.1. The van der Waals surface area contributed by atoms with Crippen LogP contribution < -0.4 is 0 Å². The number of unbranched alkanes of at least 4 members (excludes halogenated alkanes) is 2. The lowest BCUT2D eigenvalue weighted by atomic mass is 10.1. The molecule has 0 amide bonds. The number of H-pyrrole nitrogens is 1. The van der Waals surface area contributed by atoms with Crippen molar-refractivity contribution in [2.24, 2.45) is 0 Å². The van der Waals surface area contributed by atoms with Crippen LogP contribution in [0.15, 0.2) is 30.5 Å². The van der Waals surface area contributed by atoms with Crippen molar-refractivity contribution in [1.29, 1.82) is 0 Å². The fourth-order valence-corrected chi connectivity index (χ4v) is 2.00. The summed E-state index contributed by atoms with van der Waals surface area (Å²) in [6.45, 7) is 2.19. The molecule has 0 aliphatic carbocycles. The minimum Gasteiger partial charge on any atom is -0.360 e. The Bertz CT molecular complexity index is 537. The van der Waals surface area contributed by atoms with Crippen LogP contribution in [0.3, 0.4) is 0 Å². The van der Waals surface area contributed by atoms with E-state index in [4.69, 9.17) is 0 Å². The first kappa shape index (κ1) is 11.6. The molecular weight excluding hydrogens is 210 g/mol. The van der Waals surface area contributed by atoms with E-state index in [-0.39, 0.29) is 0 Å². The van der Waals surface area contributed by atoms with Crippen molar-refractivity contribution in [3.63, 3.8) is 0 Å². The molecule has 2 heteroatoms. The number of aldehydes is 1. The van der Waals surface area contributed by atoms with Crippen LogP contribution in [0.4, 0.5) is 0 Å². The number of allylic oxidation sites excluding steroid dienone is 1. The predicted octanol–water partition coefficient (Wildman–Crippen LogP) is 4.18. The van der Waals surface area contributed by atoms with Crippen LogP contribution in [0.1, 0.15) is 42.1 Å². The SMILES string of the molecule is CCCC/C=C/c1cccc2[nH]cc(C=O)c12. The molecule has 0 fully saturated rings. The Morgan fingerprint density at radius 1 is 1.29 bits per heavy atom. The van der Waals surface area contributed by atoms with E-state index in [0.717, 1.165) is 34.7 Å². The number of hydrogen-bond acceptors (Lipinski definition) is 1. The number of carbonyl (C=O) groups excluding carboxylic acids is 1. The van der Waals surface area contributed by atoms with E-state index in [1.165, 1.54) is 12.8 Å². The maximum Gasteiger partial charge on any atom is 0.152 e. The normalized spacial score (nSPS) is 11.4. The lowest BCUT2D eigenvalue weighted by molar-refractivity contribution is 0.112. The average Bonchev–Trinajstić information content (AvgIpc) is 2.78. The summed E-state index contributed by atoms with van der Waals surface area (Å²) in [6, 6.07) is 6.05. The Morgan fingerprint density at radius 2 is 2.18 bits per heavy atom. The van der Waals surface area contributed by atoms with E-state index in [1.54, 1.807) is 6.20 Å². The summed E-state index contributed by atoms with van der Waals surface area (Å²) in [6.07, 6.45) is 10.5. The topological polar surface area (TPSA) is 32.9 Å². The second kappa shape index (κ2) is 5.48. The van der Waals surface area contributed by atoms with Crippen molar-refractivity contribution in [2.75, 3.05) is 0 Å². The van der Waals surface area contributed by atoms with E-state index in [2.05, 4.69) is 24.1 Å². The van der Waals surface area contributed by atoms with Gasteiger partial charge in [-0.3, -0.25) is 4.79 Å². The summed E-state index contributed by atoms with van der Waals surface area (Å²) < 4.78 is 0. The second-order valence-corrected chi connectivity index (χ2v) is 4.18. The Labute approximate surface area is 101 Å². The van der Waals surface area contributed by atoms with Crippen LogP contribution in [0.5, 0.6) is 0 Å². The van der Waals surface area contributed by atoms with Gasteiger partial charge < -0.3 is 4.98 Å². The summed E-state index contributed by atoms with van der Waals surface area (Å²) >= 11 is 0. The zero-order chi connectivity index (χ0) is 12.1. The van der Waals surface area contributed by atoms with Gasteiger partial charge in [-0.05, 0) is 18.1 Å². The largest absolute Gasteiger partial charge is 0.360 e. The third kappa shape index (κ3) is 2.47. The van der Waals surface area contributed by atoms with Gasteiger partial charge in [-0.1, -0.05) is 44.1 Å². The number of carbonyl (C=O) groups is 1. The maximum atomic E-state index is 11.0. The van der Waals surface area contributed by atoms with Gasteiger partial charge in [-0.15, -0.1) is 0 Å². The van der Waals surface area contributed by atoms with Crippen LogP contribution in [-0.2, 0) is 0 Å². The summed E-state index contributed by atoms with van der Waals surface area (Å²) in [5.41, 5.74) is 2.86. The molecule has 1 aromatic carbocycles. The monoisotopic (exact) mass is 227 g/mol. The first-order valence-corrected chi connectivity index (χ1v) is 6.08. The first-order chi connectivity index (χ1) is 8.36. The van der Waals surface area contributed by atoms with Crippen molar-refractivity contribution in [3.8, 4) is 0 Å². The Morgan fingerprint density at radius 3 is 2.94 bits per heavy atom. The molecule has 0 saturated heterocycles. The molecule has 2 rings (SSSR count). The molecule has 1 heterocycles.